The lowest BCUT2D eigenvalue weighted by Gasteiger charge is -2.17. The second-order valence-corrected chi connectivity index (χ2v) is 7.26. The van der Waals surface area contributed by atoms with Crippen LogP contribution in [0.15, 0.2) is 113 Å². The maximum absolute atomic E-state index is 4.64. The van der Waals surface area contributed by atoms with Crippen LogP contribution < -0.4 is 5.32 Å². The molecule has 1 N–H and O–H groups in total. The Labute approximate surface area is 170 Å². The molecule has 29 heavy (non-hydrogen) atoms. The van der Waals surface area contributed by atoms with Crippen molar-refractivity contribution in [2.24, 2.45) is 9.98 Å². The lowest BCUT2D eigenvalue weighted by Crippen LogP contribution is -2.19. The molecule has 3 aromatic carbocycles. The topological polar surface area (TPSA) is 36.8 Å². The third-order valence-electron chi connectivity index (χ3n) is 5.25. The summed E-state index contributed by atoms with van der Waals surface area (Å²) in [7, 11) is 0. The zero-order valence-electron chi connectivity index (χ0n) is 15.9. The Hall–Kier alpha value is -3.72. The van der Waals surface area contributed by atoms with Crippen LogP contribution in [-0.4, -0.2) is 18.5 Å². The standard InChI is InChI=1S/C26H21N3/c1-3-7-19(8-4-1)17-27-21-11-13-23-24-14-12-22(16-26(24)29-25(23)15-21)28-18-20-9-5-2-6-10-20/h1-18,23,25,29H. The molecule has 0 bridgehead atoms. The predicted molar refractivity (Wildman–Crippen MR) is 122 cm³/mol. The summed E-state index contributed by atoms with van der Waals surface area (Å²) in [6.07, 6.45) is 10.4. The number of nitrogens with one attached hydrogen (secondary N) is 1. The number of anilines is 1. The van der Waals surface area contributed by atoms with Gasteiger partial charge in [-0.25, -0.2) is 0 Å². The summed E-state index contributed by atoms with van der Waals surface area (Å²) in [4.78, 5) is 9.27. The van der Waals surface area contributed by atoms with Gasteiger partial charge in [-0.15, -0.1) is 0 Å². The minimum Gasteiger partial charge on any atom is -0.378 e. The van der Waals surface area contributed by atoms with Gasteiger partial charge in [-0.05, 0) is 41.0 Å². The van der Waals surface area contributed by atoms with Crippen LogP contribution in [0, 0.1) is 0 Å². The smallest absolute Gasteiger partial charge is 0.0650 e. The molecule has 1 aliphatic carbocycles. The molecule has 1 heterocycles. The Morgan fingerprint density at radius 2 is 1.45 bits per heavy atom. The molecule has 3 heteroatoms. The Morgan fingerprint density at radius 1 is 0.759 bits per heavy atom. The second kappa shape index (κ2) is 7.72. The van der Waals surface area contributed by atoms with Crippen LogP contribution in [0.4, 0.5) is 11.4 Å². The van der Waals surface area contributed by atoms with Crippen molar-refractivity contribution < 1.29 is 0 Å². The Morgan fingerprint density at radius 3 is 2.17 bits per heavy atom. The fourth-order valence-corrected chi connectivity index (χ4v) is 3.78. The van der Waals surface area contributed by atoms with E-state index in [0.717, 1.165) is 28.2 Å². The number of nitrogens with zero attached hydrogens (tertiary/aromatic N) is 2. The first-order valence-corrected chi connectivity index (χ1v) is 9.84. The van der Waals surface area contributed by atoms with Crippen LogP contribution in [-0.2, 0) is 0 Å². The first-order valence-electron chi connectivity index (χ1n) is 9.84. The lowest BCUT2D eigenvalue weighted by atomic mass is 9.91. The highest BCUT2D eigenvalue weighted by Gasteiger charge is 2.31. The Kier molecular flexibility index (Phi) is 4.63. The monoisotopic (exact) mass is 375 g/mol. The van der Waals surface area contributed by atoms with Crippen molar-refractivity contribution in [3.05, 3.63) is 119 Å². The zero-order chi connectivity index (χ0) is 19.5. The van der Waals surface area contributed by atoms with Crippen LogP contribution in [0.1, 0.15) is 22.6 Å². The largest absolute Gasteiger partial charge is 0.378 e. The summed E-state index contributed by atoms with van der Waals surface area (Å²) in [6.45, 7) is 0. The molecule has 2 aliphatic rings. The summed E-state index contributed by atoms with van der Waals surface area (Å²) >= 11 is 0. The number of allylic oxidation sites excluding steroid dienone is 1. The number of aliphatic imine (C=N–C) groups is 2. The number of hydrogen-bond donors (Lipinski definition) is 1. The van der Waals surface area contributed by atoms with E-state index in [4.69, 9.17) is 0 Å². The van der Waals surface area contributed by atoms with Crippen molar-refractivity contribution in [3.8, 4) is 0 Å². The van der Waals surface area contributed by atoms with Crippen molar-refractivity contribution in [1.82, 2.24) is 0 Å². The van der Waals surface area contributed by atoms with E-state index in [1.807, 2.05) is 48.8 Å². The van der Waals surface area contributed by atoms with Crippen molar-refractivity contribution >= 4 is 23.8 Å². The minimum atomic E-state index is 0.228. The third kappa shape index (κ3) is 3.81. The van der Waals surface area contributed by atoms with Crippen LogP contribution >= 0.6 is 0 Å². The van der Waals surface area contributed by atoms with Gasteiger partial charge < -0.3 is 5.32 Å². The molecule has 3 nitrogen and oxygen atoms in total. The molecule has 0 saturated carbocycles. The van der Waals surface area contributed by atoms with E-state index >= 15 is 0 Å². The number of rotatable bonds is 4. The SMILES string of the molecule is C1=CC2c3ccc(N=Cc4ccccc4)cc3NC2C=C1N=Cc1ccccc1. The van der Waals surface area contributed by atoms with Gasteiger partial charge in [-0.3, -0.25) is 9.98 Å². The quantitative estimate of drug-likeness (QED) is 0.567. The summed E-state index contributed by atoms with van der Waals surface area (Å²) < 4.78 is 0. The molecule has 1 aliphatic heterocycles. The van der Waals surface area contributed by atoms with E-state index in [1.165, 1.54) is 5.56 Å². The molecule has 5 rings (SSSR count). The highest BCUT2D eigenvalue weighted by molar-refractivity contribution is 5.83. The predicted octanol–water partition coefficient (Wildman–Crippen LogP) is 5.89. The van der Waals surface area contributed by atoms with Gasteiger partial charge >= 0.3 is 0 Å². The molecule has 2 atom stereocenters. The number of hydrogen-bond acceptors (Lipinski definition) is 3. The highest BCUT2D eigenvalue weighted by Crippen LogP contribution is 2.41. The van der Waals surface area contributed by atoms with Crippen LogP contribution in [0.3, 0.4) is 0 Å². The lowest BCUT2D eigenvalue weighted by molar-refractivity contribution is 0.795. The van der Waals surface area contributed by atoms with E-state index < -0.39 is 0 Å². The van der Waals surface area contributed by atoms with Crippen molar-refractivity contribution in [2.75, 3.05) is 5.32 Å². The maximum atomic E-state index is 4.64. The van der Waals surface area contributed by atoms with E-state index in [2.05, 4.69) is 76.0 Å². The van der Waals surface area contributed by atoms with Gasteiger partial charge in [0.05, 0.1) is 17.4 Å². The summed E-state index contributed by atoms with van der Waals surface area (Å²) in [5.74, 6) is 0.341. The molecule has 0 amide bonds. The molecule has 0 saturated heterocycles. The van der Waals surface area contributed by atoms with Gasteiger partial charge in [-0.1, -0.05) is 72.8 Å². The summed E-state index contributed by atoms with van der Waals surface area (Å²) in [5.41, 5.74) is 6.60. The summed E-state index contributed by atoms with van der Waals surface area (Å²) in [6, 6.07) is 27.0. The average molecular weight is 375 g/mol. The molecule has 0 spiro atoms. The molecule has 140 valence electrons. The number of fused-ring (bicyclic) bond motifs is 3. The highest BCUT2D eigenvalue weighted by atomic mass is 15.0. The van der Waals surface area contributed by atoms with Gasteiger partial charge in [0.15, 0.2) is 0 Å². The van der Waals surface area contributed by atoms with E-state index in [0.29, 0.717) is 5.92 Å². The molecular weight excluding hydrogens is 354 g/mol. The third-order valence-corrected chi connectivity index (χ3v) is 5.25. The molecule has 0 fully saturated rings. The van der Waals surface area contributed by atoms with Crippen LogP contribution in [0.2, 0.25) is 0 Å². The van der Waals surface area contributed by atoms with Crippen molar-refractivity contribution in [3.63, 3.8) is 0 Å². The van der Waals surface area contributed by atoms with Crippen molar-refractivity contribution in [1.29, 1.82) is 0 Å². The van der Waals surface area contributed by atoms with Gasteiger partial charge in [0.25, 0.3) is 0 Å². The Bertz CT molecular complexity index is 1130. The van der Waals surface area contributed by atoms with Gasteiger partial charge in [0, 0.05) is 24.0 Å². The molecule has 2 unspecified atom stereocenters. The molecule has 0 radical (unpaired) electrons. The van der Waals surface area contributed by atoms with Gasteiger partial charge in [0.1, 0.15) is 0 Å². The first kappa shape index (κ1) is 17.4. The first-order chi connectivity index (χ1) is 14.3. The van der Waals surface area contributed by atoms with Crippen LogP contribution in [0.25, 0.3) is 0 Å². The second-order valence-electron chi connectivity index (χ2n) is 7.26. The zero-order valence-corrected chi connectivity index (χ0v) is 15.9. The maximum Gasteiger partial charge on any atom is 0.0650 e. The number of benzene rings is 3. The molecular formula is C26H21N3. The van der Waals surface area contributed by atoms with E-state index in [9.17, 15) is 0 Å². The van der Waals surface area contributed by atoms with Crippen LogP contribution in [0.5, 0.6) is 0 Å². The fraction of sp³-hybridized carbons (Fsp3) is 0.0769. The fourth-order valence-electron chi connectivity index (χ4n) is 3.78. The normalized spacial score (nSPS) is 19.8. The van der Waals surface area contributed by atoms with E-state index in [1.54, 1.807) is 0 Å². The summed E-state index contributed by atoms with van der Waals surface area (Å²) in [5, 5.41) is 3.63. The van der Waals surface area contributed by atoms with Crippen molar-refractivity contribution in [2.45, 2.75) is 12.0 Å². The Balaban J connectivity index is 1.33. The minimum absolute atomic E-state index is 0.228. The van der Waals surface area contributed by atoms with E-state index in [-0.39, 0.29) is 6.04 Å². The molecule has 0 aromatic heterocycles. The van der Waals surface area contributed by atoms with Gasteiger partial charge in [0.2, 0.25) is 0 Å². The average Bonchev–Trinajstić information content (AvgIpc) is 3.14. The molecule has 3 aromatic rings. The van der Waals surface area contributed by atoms with Gasteiger partial charge in [-0.2, -0.15) is 0 Å².